The number of alkyl halides is 1. The van der Waals surface area contributed by atoms with Crippen molar-refractivity contribution in [2.24, 2.45) is 34.0 Å². The van der Waals surface area contributed by atoms with Gasteiger partial charge in [-0.2, -0.15) is 0 Å². The van der Waals surface area contributed by atoms with Crippen LogP contribution in [0.3, 0.4) is 0 Å². The van der Waals surface area contributed by atoms with Crippen LogP contribution in [0.5, 0.6) is 0 Å². The SMILES string of the molecule is CC[C@]1(C)C[C@@H](OC(C)=O)[C@]2(C)[C@H](C)C[C@H](F)[C@]3(CCC(=O)[C@H]23)[C@@H](C)[C@@H]1OC(C)=O. The highest BCUT2D eigenvalue weighted by Gasteiger charge is 2.72. The standard InChI is InChI=1S/C24H37FO5/c1-8-22(6)12-19(29-15(4)26)23(7)13(2)11-18(25)24(10-9-17(28)20(23)24)14(3)21(22)30-16(5)27/h13-14,18-21H,8-12H2,1-7H3/t13-,14+,18+,19-,20-,21+,22-,23+,24+/m1/s1. The number of ketones is 1. The molecule has 3 aliphatic carbocycles. The Morgan fingerprint density at radius 1 is 1.13 bits per heavy atom. The Morgan fingerprint density at radius 2 is 1.73 bits per heavy atom. The Hall–Kier alpha value is -1.46. The van der Waals surface area contributed by atoms with E-state index in [1.807, 2.05) is 34.6 Å². The van der Waals surface area contributed by atoms with Gasteiger partial charge in [0.1, 0.15) is 24.2 Å². The van der Waals surface area contributed by atoms with Crippen molar-refractivity contribution in [2.75, 3.05) is 0 Å². The van der Waals surface area contributed by atoms with Crippen molar-refractivity contribution in [3.8, 4) is 0 Å². The fourth-order valence-electron chi connectivity index (χ4n) is 7.32. The molecule has 0 aromatic rings. The van der Waals surface area contributed by atoms with Crippen molar-refractivity contribution >= 4 is 17.7 Å². The summed E-state index contributed by atoms with van der Waals surface area (Å²) < 4.78 is 27.8. The van der Waals surface area contributed by atoms with E-state index in [9.17, 15) is 14.4 Å². The molecule has 3 aliphatic rings. The molecular formula is C24H37FO5. The number of hydrogen-bond donors (Lipinski definition) is 0. The highest BCUT2D eigenvalue weighted by molar-refractivity contribution is 5.86. The number of hydrogen-bond acceptors (Lipinski definition) is 5. The first kappa shape index (κ1) is 23.2. The van der Waals surface area contributed by atoms with Gasteiger partial charge < -0.3 is 9.47 Å². The molecule has 9 atom stereocenters. The summed E-state index contributed by atoms with van der Waals surface area (Å²) >= 11 is 0. The molecule has 3 rings (SSSR count). The van der Waals surface area contributed by atoms with Crippen LogP contribution in [0.15, 0.2) is 0 Å². The minimum absolute atomic E-state index is 0.0531. The molecule has 0 heterocycles. The summed E-state index contributed by atoms with van der Waals surface area (Å²) in [6.07, 6.45) is -0.0140. The van der Waals surface area contributed by atoms with E-state index in [-0.39, 0.29) is 17.6 Å². The third-order valence-corrected chi connectivity index (χ3v) is 9.23. The van der Waals surface area contributed by atoms with Crippen molar-refractivity contribution in [2.45, 2.75) is 98.9 Å². The fourth-order valence-corrected chi connectivity index (χ4v) is 7.32. The molecule has 0 saturated heterocycles. The predicted octanol–water partition coefficient (Wildman–Crippen LogP) is 4.66. The average Bonchev–Trinajstić information content (AvgIpc) is 3.01. The van der Waals surface area contributed by atoms with Gasteiger partial charge in [-0.05, 0) is 31.6 Å². The first-order chi connectivity index (χ1) is 13.8. The number of ether oxygens (including phenoxy) is 2. The van der Waals surface area contributed by atoms with E-state index in [2.05, 4.69) is 0 Å². The Kier molecular flexibility index (Phi) is 5.88. The Morgan fingerprint density at radius 3 is 2.27 bits per heavy atom. The maximum atomic E-state index is 16.0. The van der Waals surface area contributed by atoms with E-state index < -0.39 is 52.5 Å². The van der Waals surface area contributed by atoms with Gasteiger partial charge in [0, 0.05) is 48.3 Å². The van der Waals surface area contributed by atoms with Gasteiger partial charge in [0.05, 0.1) is 0 Å². The predicted molar refractivity (Wildman–Crippen MR) is 110 cm³/mol. The normalized spacial score (nSPS) is 48.3. The quantitative estimate of drug-likeness (QED) is 0.617. The van der Waals surface area contributed by atoms with E-state index in [0.717, 1.165) is 0 Å². The largest absolute Gasteiger partial charge is 0.462 e. The minimum Gasteiger partial charge on any atom is -0.462 e. The van der Waals surface area contributed by atoms with E-state index in [0.29, 0.717) is 32.1 Å². The zero-order valence-corrected chi connectivity index (χ0v) is 19.4. The number of carbonyl (C=O) groups excluding carboxylic acids is 3. The average molecular weight is 425 g/mol. The Bertz CT molecular complexity index is 737. The molecule has 0 aromatic heterocycles. The van der Waals surface area contributed by atoms with Gasteiger partial charge in [0.15, 0.2) is 0 Å². The Balaban J connectivity index is 2.29. The van der Waals surface area contributed by atoms with Crippen LogP contribution in [0.4, 0.5) is 4.39 Å². The van der Waals surface area contributed by atoms with E-state index in [4.69, 9.17) is 9.47 Å². The van der Waals surface area contributed by atoms with E-state index >= 15 is 4.39 Å². The van der Waals surface area contributed by atoms with Crippen LogP contribution in [0, 0.1) is 34.0 Å². The van der Waals surface area contributed by atoms with Gasteiger partial charge in [-0.15, -0.1) is 0 Å². The summed E-state index contributed by atoms with van der Waals surface area (Å²) in [4.78, 5) is 37.5. The van der Waals surface area contributed by atoms with Crippen molar-refractivity contribution in [1.82, 2.24) is 0 Å². The van der Waals surface area contributed by atoms with Crippen LogP contribution >= 0.6 is 0 Å². The molecule has 3 fully saturated rings. The van der Waals surface area contributed by atoms with Crippen molar-refractivity contribution in [3.63, 3.8) is 0 Å². The molecule has 0 spiro atoms. The van der Waals surface area contributed by atoms with Crippen LogP contribution in [-0.2, 0) is 23.9 Å². The molecule has 6 heteroatoms. The van der Waals surface area contributed by atoms with Crippen LogP contribution < -0.4 is 0 Å². The van der Waals surface area contributed by atoms with Gasteiger partial charge >= 0.3 is 11.9 Å². The molecule has 30 heavy (non-hydrogen) atoms. The second-order valence-corrected chi connectivity index (χ2v) is 10.6. The van der Waals surface area contributed by atoms with Crippen molar-refractivity contribution < 1.29 is 28.2 Å². The molecule has 0 aromatic carbocycles. The van der Waals surface area contributed by atoms with Crippen LogP contribution in [0.1, 0.15) is 80.6 Å². The van der Waals surface area contributed by atoms with Crippen LogP contribution in [0.25, 0.3) is 0 Å². The molecule has 170 valence electrons. The number of esters is 2. The maximum Gasteiger partial charge on any atom is 0.302 e. The smallest absolute Gasteiger partial charge is 0.302 e. The summed E-state index contributed by atoms with van der Waals surface area (Å²) in [6, 6.07) is 0. The molecule has 0 radical (unpaired) electrons. The molecule has 5 nitrogen and oxygen atoms in total. The second-order valence-electron chi connectivity index (χ2n) is 10.6. The lowest BCUT2D eigenvalue weighted by molar-refractivity contribution is -0.232. The number of rotatable bonds is 3. The molecule has 3 saturated carbocycles. The van der Waals surface area contributed by atoms with Gasteiger partial charge in [0.2, 0.25) is 0 Å². The van der Waals surface area contributed by atoms with Crippen LogP contribution in [0.2, 0.25) is 0 Å². The lowest BCUT2D eigenvalue weighted by Gasteiger charge is -2.63. The van der Waals surface area contributed by atoms with E-state index in [1.165, 1.54) is 13.8 Å². The summed E-state index contributed by atoms with van der Waals surface area (Å²) in [5, 5.41) is 0. The lowest BCUT2D eigenvalue weighted by Crippen LogP contribution is -2.66. The summed E-state index contributed by atoms with van der Waals surface area (Å²) in [5.74, 6) is -1.74. The number of carbonyl (C=O) groups is 3. The molecule has 0 amide bonds. The first-order valence-electron chi connectivity index (χ1n) is 11.4. The van der Waals surface area contributed by atoms with E-state index in [1.54, 1.807) is 0 Å². The summed E-state index contributed by atoms with van der Waals surface area (Å²) in [5.41, 5.74) is -2.08. The first-order valence-corrected chi connectivity index (χ1v) is 11.4. The monoisotopic (exact) mass is 424 g/mol. The second kappa shape index (κ2) is 7.59. The number of halogens is 1. The molecule has 0 aliphatic heterocycles. The van der Waals surface area contributed by atoms with Gasteiger partial charge in [-0.3, -0.25) is 14.4 Å². The van der Waals surface area contributed by atoms with Crippen molar-refractivity contribution in [1.29, 1.82) is 0 Å². The molecule has 0 N–H and O–H groups in total. The van der Waals surface area contributed by atoms with Crippen LogP contribution in [-0.4, -0.2) is 36.1 Å². The van der Waals surface area contributed by atoms with Gasteiger partial charge in [-0.25, -0.2) is 4.39 Å². The fraction of sp³-hybridized carbons (Fsp3) is 0.875. The third-order valence-electron chi connectivity index (χ3n) is 9.23. The third kappa shape index (κ3) is 3.12. The summed E-state index contributed by atoms with van der Waals surface area (Å²) in [6.45, 7) is 12.8. The number of Topliss-reactive ketones (excluding diaryl/α,β-unsaturated/α-hetero) is 1. The lowest BCUT2D eigenvalue weighted by atomic mass is 9.43. The van der Waals surface area contributed by atoms with Crippen molar-refractivity contribution in [3.05, 3.63) is 0 Å². The molecular weight excluding hydrogens is 387 g/mol. The van der Waals surface area contributed by atoms with Gasteiger partial charge in [0.25, 0.3) is 0 Å². The molecule has 2 bridgehead atoms. The zero-order valence-electron chi connectivity index (χ0n) is 19.4. The highest BCUT2D eigenvalue weighted by atomic mass is 19.1. The molecule has 0 unspecified atom stereocenters. The highest BCUT2D eigenvalue weighted by Crippen LogP contribution is 2.69. The van der Waals surface area contributed by atoms with Gasteiger partial charge in [-0.1, -0.05) is 34.6 Å². The maximum absolute atomic E-state index is 16.0. The summed E-state index contributed by atoms with van der Waals surface area (Å²) in [7, 11) is 0. The minimum atomic E-state index is -1.16. The zero-order chi connectivity index (χ0) is 22.6. The topological polar surface area (TPSA) is 69.7 Å². The Labute approximate surface area is 179 Å².